The van der Waals surface area contributed by atoms with E-state index in [-0.39, 0.29) is 18.3 Å². The van der Waals surface area contributed by atoms with Gasteiger partial charge >= 0.3 is 0 Å². The normalized spacial score (nSPS) is 15.9. The number of carbonyl (C=O) groups is 1. The summed E-state index contributed by atoms with van der Waals surface area (Å²) in [5.74, 6) is -0.886. The Morgan fingerprint density at radius 1 is 1.21 bits per heavy atom. The molecule has 7 nitrogen and oxygen atoms in total. The van der Waals surface area contributed by atoms with E-state index in [0.29, 0.717) is 30.0 Å². The van der Waals surface area contributed by atoms with Crippen molar-refractivity contribution in [2.45, 2.75) is 19.5 Å². The van der Waals surface area contributed by atoms with Crippen molar-refractivity contribution in [2.75, 3.05) is 6.54 Å². The zero-order valence-electron chi connectivity index (χ0n) is 21.3. The Hall–Kier alpha value is -4.44. The highest BCUT2D eigenvalue weighted by molar-refractivity contribution is 7.17. The number of halogens is 2. The largest absolute Gasteiger partial charge is 0.334 e. The molecule has 1 atom stereocenters. The first-order valence-corrected chi connectivity index (χ1v) is 13.3. The third-order valence-corrected chi connectivity index (χ3v) is 8.05. The number of allylic oxidation sites excluding steroid dienone is 2. The van der Waals surface area contributed by atoms with Crippen LogP contribution in [0.2, 0.25) is 0 Å². The second-order valence-corrected chi connectivity index (χ2v) is 10.3. The summed E-state index contributed by atoms with van der Waals surface area (Å²) in [5.41, 5.74) is 5.79. The highest BCUT2D eigenvalue weighted by Gasteiger charge is 2.29. The number of amides is 1. The van der Waals surface area contributed by atoms with Gasteiger partial charge in [0.25, 0.3) is 0 Å². The minimum absolute atomic E-state index is 0.148. The Morgan fingerprint density at radius 2 is 2.05 bits per heavy atom. The summed E-state index contributed by atoms with van der Waals surface area (Å²) < 4.78 is 32.2. The molecule has 6 rings (SSSR count). The van der Waals surface area contributed by atoms with Gasteiger partial charge in [0.1, 0.15) is 17.2 Å². The van der Waals surface area contributed by atoms with Gasteiger partial charge in [-0.25, -0.2) is 18.7 Å². The lowest BCUT2D eigenvalue weighted by molar-refractivity contribution is -0.129. The Kier molecular flexibility index (Phi) is 6.19. The fourth-order valence-electron chi connectivity index (χ4n) is 5.16. The number of fused-ring (bicyclic) bond motifs is 3. The number of imidazole rings is 1. The SMILES string of the molecule is C=CC(=O)N1CCn2nc(-c3nc(-c4ccc5c(c4)ncn5C)c4ccsc4c3/C=C(F)/C=C/F)cc2C1C. The standard InChI is InChI=1S/C29H24F2N6OS/c1-4-26(38)36-10-11-37-25(17(36)2)15-23(34-37)28-21(14-19(31)7-9-30)29-20(8-12-39-29)27(33-28)18-5-6-24-22(13-18)32-16-35(24)3/h4-9,12-17H,1,10-11H2,2-3H3/b9-7+,19-14-. The number of carbonyl (C=O) groups excluding carboxylic acids is 1. The first-order chi connectivity index (χ1) is 18.9. The molecule has 1 amide bonds. The average molecular weight is 543 g/mol. The van der Waals surface area contributed by atoms with E-state index in [1.807, 2.05) is 58.9 Å². The van der Waals surface area contributed by atoms with Crippen LogP contribution in [0.4, 0.5) is 8.78 Å². The van der Waals surface area contributed by atoms with Gasteiger partial charge in [0.05, 0.1) is 47.7 Å². The number of hydrogen-bond acceptors (Lipinski definition) is 5. The van der Waals surface area contributed by atoms with Crippen LogP contribution in [0.5, 0.6) is 0 Å². The van der Waals surface area contributed by atoms with Crippen LogP contribution in [0, 0.1) is 0 Å². The maximum absolute atomic E-state index is 14.7. The van der Waals surface area contributed by atoms with Crippen molar-refractivity contribution in [2.24, 2.45) is 7.05 Å². The van der Waals surface area contributed by atoms with E-state index in [0.717, 1.165) is 44.1 Å². The molecule has 39 heavy (non-hydrogen) atoms. The molecule has 4 aromatic heterocycles. The second kappa shape index (κ2) is 9.70. The Labute approximate surface area is 227 Å². The smallest absolute Gasteiger partial charge is 0.246 e. The number of benzene rings is 1. The summed E-state index contributed by atoms with van der Waals surface area (Å²) in [6.45, 7) is 6.56. The van der Waals surface area contributed by atoms with Crippen molar-refractivity contribution >= 4 is 44.4 Å². The van der Waals surface area contributed by atoms with Crippen LogP contribution in [0.15, 0.2) is 72.9 Å². The number of aryl methyl sites for hydroxylation is 1. The first-order valence-electron chi connectivity index (χ1n) is 12.4. The Morgan fingerprint density at radius 3 is 2.85 bits per heavy atom. The van der Waals surface area contributed by atoms with E-state index in [4.69, 9.17) is 10.1 Å². The number of nitrogens with zero attached hydrogens (tertiary/aromatic N) is 6. The van der Waals surface area contributed by atoms with E-state index >= 15 is 0 Å². The van der Waals surface area contributed by atoms with Gasteiger partial charge in [0.2, 0.25) is 5.91 Å². The van der Waals surface area contributed by atoms with E-state index in [1.54, 1.807) is 11.2 Å². The zero-order valence-corrected chi connectivity index (χ0v) is 22.1. The van der Waals surface area contributed by atoms with E-state index in [2.05, 4.69) is 11.6 Å². The fourth-order valence-corrected chi connectivity index (χ4v) is 6.07. The van der Waals surface area contributed by atoms with E-state index in [1.165, 1.54) is 23.5 Å². The van der Waals surface area contributed by atoms with Crippen LogP contribution in [0.25, 0.3) is 49.8 Å². The highest BCUT2D eigenvalue weighted by Crippen LogP contribution is 2.40. The van der Waals surface area contributed by atoms with Gasteiger partial charge < -0.3 is 9.47 Å². The molecule has 0 saturated heterocycles. The summed E-state index contributed by atoms with van der Waals surface area (Å²) in [6.07, 6.45) is 5.30. The molecular weight excluding hydrogens is 518 g/mol. The number of thiophene rings is 1. The van der Waals surface area contributed by atoms with Gasteiger partial charge in [-0.3, -0.25) is 9.48 Å². The minimum Gasteiger partial charge on any atom is -0.334 e. The molecule has 10 heteroatoms. The molecule has 5 aromatic rings. The third-order valence-electron chi connectivity index (χ3n) is 7.11. The van der Waals surface area contributed by atoms with Crippen LogP contribution in [-0.2, 0) is 18.4 Å². The van der Waals surface area contributed by atoms with Gasteiger partial charge in [-0.05, 0) is 48.7 Å². The van der Waals surface area contributed by atoms with Gasteiger partial charge in [-0.2, -0.15) is 5.10 Å². The quantitative estimate of drug-likeness (QED) is 0.185. The predicted molar refractivity (Wildman–Crippen MR) is 150 cm³/mol. The third kappa shape index (κ3) is 4.17. The van der Waals surface area contributed by atoms with Crippen molar-refractivity contribution in [1.82, 2.24) is 29.2 Å². The summed E-state index contributed by atoms with van der Waals surface area (Å²) in [7, 11) is 1.94. The lowest BCUT2D eigenvalue weighted by Gasteiger charge is -2.33. The number of rotatable bonds is 5. The van der Waals surface area contributed by atoms with Crippen LogP contribution in [0.3, 0.4) is 0 Å². The number of pyridine rings is 1. The van der Waals surface area contributed by atoms with Gasteiger partial charge in [-0.15, -0.1) is 11.3 Å². The Balaban J connectivity index is 1.58. The topological polar surface area (TPSA) is 68.8 Å². The van der Waals surface area contributed by atoms with Gasteiger partial charge in [0.15, 0.2) is 0 Å². The molecule has 1 aliphatic rings. The molecule has 0 bridgehead atoms. The van der Waals surface area contributed by atoms with E-state index < -0.39 is 5.83 Å². The van der Waals surface area contributed by atoms with Crippen molar-refractivity contribution in [1.29, 1.82) is 0 Å². The lowest BCUT2D eigenvalue weighted by Crippen LogP contribution is -2.40. The molecule has 0 spiro atoms. The molecule has 0 radical (unpaired) electrons. The van der Waals surface area contributed by atoms with Crippen LogP contribution in [-0.4, -0.2) is 41.7 Å². The first kappa shape index (κ1) is 24.9. The molecule has 1 aliphatic heterocycles. The molecular formula is C29H24F2N6OS. The Bertz CT molecular complexity index is 1830. The monoisotopic (exact) mass is 542 g/mol. The summed E-state index contributed by atoms with van der Waals surface area (Å²) in [5, 5.41) is 7.60. The molecule has 0 N–H and O–H groups in total. The lowest BCUT2D eigenvalue weighted by atomic mass is 10.0. The minimum atomic E-state index is -0.738. The molecule has 0 saturated carbocycles. The number of aromatic nitrogens is 5. The summed E-state index contributed by atoms with van der Waals surface area (Å²) in [4.78, 5) is 23.7. The van der Waals surface area contributed by atoms with Crippen molar-refractivity contribution < 1.29 is 13.6 Å². The van der Waals surface area contributed by atoms with Crippen LogP contribution >= 0.6 is 11.3 Å². The highest BCUT2D eigenvalue weighted by atomic mass is 32.1. The van der Waals surface area contributed by atoms with Crippen molar-refractivity contribution in [3.05, 3.63) is 84.2 Å². The average Bonchev–Trinajstić information content (AvgIpc) is 3.68. The van der Waals surface area contributed by atoms with Crippen LogP contribution in [0.1, 0.15) is 24.2 Å². The predicted octanol–water partition coefficient (Wildman–Crippen LogP) is 6.60. The molecule has 5 heterocycles. The van der Waals surface area contributed by atoms with Crippen molar-refractivity contribution in [3.8, 4) is 22.6 Å². The summed E-state index contributed by atoms with van der Waals surface area (Å²) in [6, 6.07) is 9.59. The second-order valence-electron chi connectivity index (χ2n) is 9.36. The molecule has 0 aliphatic carbocycles. The maximum Gasteiger partial charge on any atom is 0.246 e. The van der Waals surface area contributed by atoms with Crippen molar-refractivity contribution in [3.63, 3.8) is 0 Å². The van der Waals surface area contributed by atoms with Gasteiger partial charge in [0, 0.05) is 40.9 Å². The molecule has 196 valence electrons. The molecule has 1 unspecified atom stereocenters. The molecule has 1 aromatic carbocycles. The molecule has 0 fully saturated rings. The zero-order chi connectivity index (χ0) is 27.3. The van der Waals surface area contributed by atoms with Gasteiger partial charge in [-0.1, -0.05) is 12.6 Å². The summed E-state index contributed by atoms with van der Waals surface area (Å²) >= 11 is 1.45. The number of hydrogen-bond donors (Lipinski definition) is 0. The van der Waals surface area contributed by atoms with E-state index in [9.17, 15) is 13.6 Å². The maximum atomic E-state index is 14.7. The fraction of sp³-hybridized carbons (Fsp3) is 0.172. The van der Waals surface area contributed by atoms with Crippen LogP contribution < -0.4 is 0 Å².